The normalized spacial score (nSPS) is 16.5. The lowest BCUT2D eigenvalue weighted by Gasteiger charge is -2.36. The molecule has 0 radical (unpaired) electrons. The van der Waals surface area contributed by atoms with Crippen molar-refractivity contribution in [2.45, 2.75) is 18.8 Å². The van der Waals surface area contributed by atoms with Crippen LogP contribution in [-0.4, -0.2) is 123 Å². The number of Topliss-reactive ketones (excluding diaryl/α,β-unsaturated/α-hetero) is 2. The van der Waals surface area contributed by atoms with Crippen LogP contribution in [0.5, 0.6) is 0 Å². The van der Waals surface area contributed by atoms with Crippen LogP contribution in [0.2, 0.25) is 0 Å². The van der Waals surface area contributed by atoms with Crippen LogP contribution in [0.3, 0.4) is 0 Å². The number of rotatable bonds is 8. The number of carboxylic acid groups (broad SMARTS) is 1. The first-order valence-electron chi connectivity index (χ1n) is 15.9. The predicted octanol–water partition coefficient (Wildman–Crippen LogP) is 3.58. The molecule has 0 aliphatic carbocycles. The standard InChI is InChI=1S/C29H30N8O4.C4F6O2/c38-25(37-14-12-36(13-15-37)22-5-2-19(3-6-22)27-30-9-1-10-31-27)18-35-11-8-20(17-35)28(39)32-21-4-7-24-23(16-21)26(29(40)41)34-33-24;5-3(6,7)1(11)2(12)4(8,9)10/h1-7,9-10,16,20H,8,11-15,17-18H2,(H,32,39)(H,33,34)(H,40,41);/t20-;/m1./s1. The van der Waals surface area contributed by atoms with Gasteiger partial charge in [0.05, 0.1) is 18.0 Å². The third kappa shape index (κ3) is 9.50. The van der Waals surface area contributed by atoms with E-state index in [1.807, 2.05) is 21.9 Å². The molecule has 0 unspecified atom stereocenters. The number of nitrogens with zero attached hydrogens (tertiary/aromatic N) is 6. The highest BCUT2D eigenvalue weighted by atomic mass is 19.4. The van der Waals surface area contributed by atoms with Crippen molar-refractivity contribution in [2.24, 2.45) is 5.92 Å². The summed E-state index contributed by atoms with van der Waals surface area (Å²) in [6, 6.07) is 15.0. The van der Waals surface area contributed by atoms with Gasteiger partial charge in [-0.1, -0.05) is 0 Å². The molecule has 0 bridgehead atoms. The molecule has 2 aliphatic heterocycles. The number of halogens is 6. The summed E-state index contributed by atoms with van der Waals surface area (Å²) in [4.78, 5) is 71.4. The molecule has 2 saturated heterocycles. The molecule has 4 aromatic rings. The van der Waals surface area contributed by atoms with E-state index in [0.29, 0.717) is 61.6 Å². The summed E-state index contributed by atoms with van der Waals surface area (Å²) >= 11 is 0. The van der Waals surface area contributed by atoms with Crippen LogP contribution >= 0.6 is 0 Å². The first-order valence-corrected chi connectivity index (χ1v) is 15.9. The highest BCUT2D eigenvalue weighted by Crippen LogP contribution is 2.26. The van der Waals surface area contributed by atoms with E-state index in [-0.39, 0.29) is 23.4 Å². The largest absolute Gasteiger partial charge is 0.476 e. The molecule has 2 aromatic heterocycles. The zero-order valence-electron chi connectivity index (χ0n) is 27.4. The number of carbonyl (C=O) groups excluding carboxylic acids is 4. The smallest absolute Gasteiger partial charge is 0.458 e. The number of fused-ring (bicyclic) bond motifs is 1. The summed E-state index contributed by atoms with van der Waals surface area (Å²) in [5.74, 6) is -7.56. The van der Waals surface area contributed by atoms with Gasteiger partial charge in [0.25, 0.3) is 0 Å². The highest BCUT2D eigenvalue weighted by molar-refractivity contribution is 6.41. The number of alkyl halides is 6. The van der Waals surface area contributed by atoms with Gasteiger partial charge in [0.2, 0.25) is 11.8 Å². The molecule has 0 spiro atoms. The van der Waals surface area contributed by atoms with Crippen molar-refractivity contribution in [2.75, 3.05) is 56.0 Å². The summed E-state index contributed by atoms with van der Waals surface area (Å²) in [5.41, 5.74) is 3.09. The van der Waals surface area contributed by atoms with Gasteiger partial charge in [0.15, 0.2) is 11.5 Å². The van der Waals surface area contributed by atoms with E-state index < -0.39 is 29.9 Å². The van der Waals surface area contributed by atoms with Gasteiger partial charge in [0.1, 0.15) is 0 Å². The van der Waals surface area contributed by atoms with Gasteiger partial charge in [0, 0.05) is 67.4 Å². The fourth-order valence-electron chi connectivity index (χ4n) is 5.72. The topological polar surface area (TPSA) is 182 Å². The molecule has 3 N–H and O–H groups in total. The number of hydrogen-bond donors (Lipinski definition) is 3. The van der Waals surface area contributed by atoms with Crippen LogP contribution in [0.1, 0.15) is 16.9 Å². The third-order valence-electron chi connectivity index (χ3n) is 8.44. The SMILES string of the molecule is O=C(C(=O)C(F)(F)F)C(F)(F)F.O=C(O)c1n[nH]c2ccc(NC(=O)[C@@H]3CCN(CC(=O)N4CCN(c5ccc(-c6ncccn6)cc5)CC4)C3)cc12. The Kier molecular flexibility index (Phi) is 11.4. The van der Waals surface area contributed by atoms with E-state index in [2.05, 4.69) is 42.5 Å². The Balaban J connectivity index is 0.000000390. The van der Waals surface area contributed by atoms with Crippen LogP contribution in [0.4, 0.5) is 37.7 Å². The highest BCUT2D eigenvalue weighted by Gasteiger charge is 2.54. The lowest BCUT2D eigenvalue weighted by Crippen LogP contribution is -2.51. The minimum Gasteiger partial charge on any atom is -0.476 e. The van der Waals surface area contributed by atoms with Crippen molar-refractivity contribution in [3.8, 4) is 11.4 Å². The zero-order valence-corrected chi connectivity index (χ0v) is 27.4. The van der Waals surface area contributed by atoms with E-state index in [0.717, 1.165) is 24.3 Å². The van der Waals surface area contributed by atoms with E-state index >= 15 is 0 Å². The second kappa shape index (κ2) is 15.8. The predicted molar refractivity (Wildman–Crippen MR) is 175 cm³/mol. The first-order chi connectivity index (χ1) is 25.0. The molecule has 6 rings (SSSR count). The fraction of sp³-hybridized carbons (Fsp3) is 0.333. The number of likely N-dealkylation sites (tertiary alicyclic amines) is 1. The number of aromatic amines is 1. The number of carbonyl (C=O) groups is 5. The number of piperazine rings is 1. The Morgan fingerprint density at radius 3 is 2.06 bits per heavy atom. The number of aromatic carboxylic acids is 1. The van der Waals surface area contributed by atoms with Gasteiger partial charge in [-0.25, -0.2) is 14.8 Å². The summed E-state index contributed by atoms with van der Waals surface area (Å²) < 4.78 is 67.0. The molecular weight excluding hydrogens is 718 g/mol. The van der Waals surface area contributed by atoms with Crippen molar-refractivity contribution >= 4 is 51.6 Å². The van der Waals surface area contributed by atoms with E-state index in [9.17, 15) is 55.4 Å². The van der Waals surface area contributed by atoms with Crippen molar-refractivity contribution in [3.63, 3.8) is 0 Å². The maximum atomic E-state index is 13.0. The maximum absolute atomic E-state index is 13.0. The number of carboxylic acids is 1. The summed E-state index contributed by atoms with van der Waals surface area (Å²) in [7, 11) is 0. The number of nitrogens with one attached hydrogen (secondary N) is 2. The lowest BCUT2D eigenvalue weighted by atomic mass is 10.1. The second-order valence-electron chi connectivity index (χ2n) is 12.0. The van der Waals surface area contributed by atoms with Crippen LogP contribution < -0.4 is 10.2 Å². The van der Waals surface area contributed by atoms with Gasteiger partial charge in [-0.3, -0.25) is 29.2 Å². The van der Waals surface area contributed by atoms with Crippen molar-refractivity contribution in [1.82, 2.24) is 30.0 Å². The Hall–Kier alpha value is -5.92. The molecular formula is C33H30F6N8O6. The van der Waals surface area contributed by atoms with E-state index in [1.165, 1.54) is 0 Å². The minimum atomic E-state index is -5.77. The fourth-order valence-corrected chi connectivity index (χ4v) is 5.72. The number of benzene rings is 2. The number of anilines is 2. The average Bonchev–Trinajstić information content (AvgIpc) is 3.78. The minimum absolute atomic E-state index is 0.0777. The molecule has 280 valence electrons. The molecule has 2 aromatic carbocycles. The van der Waals surface area contributed by atoms with Crippen molar-refractivity contribution in [1.29, 1.82) is 0 Å². The number of ketones is 2. The zero-order chi connectivity index (χ0) is 38.5. The lowest BCUT2D eigenvalue weighted by molar-refractivity contribution is -0.193. The van der Waals surface area contributed by atoms with E-state index in [1.54, 1.807) is 36.7 Å². The number of hydrogen-bond acceptors (Lipinski definition) is 10. The Morgan fingerprint density at radius 1 is 0.849 bits per heavy atom. The van der Waals surface area contributed by atoms with Gasteiger partial charge in [-0.2, -0.15) is 31.4 Å². The summed E-state index contributed by atoms with van der Waals surface area (Å²) in [6.07, 6.45) is -7.43. The Bertz CT molecular complexity index is 1960. The summed E-state index contributed by atoms with van der Waals surface area (Å²) in [5, 5.41) is 19.1. The number of aromatic nitrogens is 4. The molecule has 2 amide bonds. The van der Waals surface area contributed by atoms with Gasteiger partial charge >= 0.3 is 29.9 Å². The van der Waals surface area contributed by atoms with Crippen LogP contribution in [0, 0.1) is 5.92 Å². The second-order valence-corrected chi connectivity index (χ2v) is 12.0. The summed E-state index contributed by atoms with van der Waals surface area (Å²) in [6.45, 7) is 4.27. The quantitative estimate of drug-likeness (QED) is 0.177. The van der Waals surface area contributed by atoms with Crippen LogP contribution in [0.25, 0.3) is 22.3 Å². The molecule has 2 fully saturated rings. The average molecular weight is 749 g/mol. The van der Waals surface area contributed by atoms with Crippen LogP contribution in [-0.2, 0) is 19.2 Å². The first kappa shape index (κ1) is 38.3. The van der Waals surface area contributed by atoms with Crippen molar-refractivity contribution in [3.05, 3.63) is 66.6 Å². The molecule has 14 nitrogen and oxygen atoms in total. The maximum Gasteiger partial charge on any atom is 0.458 e. The number of H-pyrrole nitrogens is 1. The third-order valence-corrected chi connectivity index (χ3v) is 8.44. The molecule has 53 heavy (non-hydrogen) atoms. The molecule has 2 aliphatic rings. The van der Waals surface area contributed by atoms with Crippen LogP contribution in [0.15, 0.2) is 60.9 Å². The molecule has 1 atom stereocenters. The van der Waals surface area contributed by atoms with Crippen molar-refractivity contribution < 1.29 is 55.4 Å². The monoisotopic (exact) mass is 748 g/mol. The number of amides is 2. The Morgan fingerprint density at radius 2 is 1.47 bits per heavy atom. The Labute approximate surface area is 295 Å². The molecule has 20 heteroatoms. The van der Waals surface area contributed by atoms with Gasteiger partial charge < -0.3 is 20.2 Å². The van der Waals surface area contributed by atoms with Gasteiger partial charge in [-0.15, -0.1) is 0 Å². The van der Waals surface area contributed by atoms with Gasteiger partial charge in [-0.05, 0) is 61.5 Å². The molecule has 4 heterocycles. The van der Waals surface area contributed by atoms with E-state index in [4.69, 9.17) is 0 Å². The molecule has 0 saturated carbocycles.